The van der Waals surface area contributed by atoms with Gasteiger partial charge in [-0.05, 0) is 0 Å². The van der Waals surface area contributed by atoms with E-state index >= 15 is 0 Å². The minimum atomic E-state index is -1.39. The van der Waals surface area contributed by atoms with Gasteiger partial charge in [0.1, 0.15) is 24.4 Å². The zero-order chi connectivity index (χ0) is 16.4. The van der Waals surface area contributed by atoms with Crippen molar-refractivity contribution in [3.8, 4) is 0 Å². The van der Waals surface area contributed by atoms with Gasteiger partial charge in [-0.1, -0.05) is 6.92 Å². The van der Waals surface area contributed by atoms with Gasteiger partial charge in [0.05, 0.1) is 25.4 Å². The molecule has 2 aliphatic heterocycles. The lowest BCUT2D eigenvalue weighted by atomic mass is 9.91. The second-order valence-electron chi connectivity index (χ2n) is 5.70. The third-order valence-corrected chi connectivity index (χ3v) is 4.17. The smallest absolute Gasteiger partial charge is 0.186 e. The van der Waals surface area contributed by atoms with Gasteiger partial charge in [0.2, 0.25) is 0 Å². The molecule has 9 atom stereocenters. The molecular weight excluding hydrogens is 300 g/mol. The summed E-state index contributed by atoms with van der Waals surface area (Å²) in [5.41, 5.74) is 0. The molecule has 2 rings (SSSR count). The Kier molecular flexibility index (Phi) is 6.11. The summed E-state index contributed by atoms with van der Waals surface area (Å²) in [5.74, 6) is -0.433. The van der Waals surface area contributed by atoms with E-state index in [9.17, 15) is 25.5 Å². The van der Waals surface area contributed by atoms with E-state index in [1.165, 1.54) is 7.11 Å². The molecule has 9 nitrogen and oxygen atoms in total. The number of aliphatic hydroxyl groups excluding tert-OH is 5. The van der Waals surface area contributed by atoms with Gasteiger partial charge < -0.3 is 44.5 Å². The highest BCUT2D eigenvalue weighted by atomic mass is 16.7. The summed E-state index contributed by atoms with van der Waals surface area (Å²) < 4.78 is 21.0. The Bertz CT molecular complexity index is 352. The molecule has 0 bridgehead atoms. The molecule has 22 heavy (non-hydrogen) atoms. The van der Waals surface area contributed by atoms with E-state index < -0.39 is 55.1 Å². The first-order valence-corrected chi connectivity index (χ1v) is 7.18. The van der Waals surface area contributed by atoms with Gasteiger partial charge in [-0.25, -0.2) is 0 Å². The van der Waals surface area contributed by atoms with Crippen molar-refractivity contribution in [2.24, 2.45) is 5.92 Å². The SMILES string of the molecule is CO[C@H]1O[C@@H](CO[C@@H]2OC[C@@H](O)[C@@H](O)[C@@H]2O)[C@H](C)[C@@H](O)[C@H]1O. The largest absolute Gasteiger partial charge is 0.390 e. The fourth-order valence-electron chi connectivity index (χ4n) is 2.57. The van der Waals surface area contributed by atoms with Crippen molar-refractivity contribution in [3.05, 3.63) is 0 Å². The third kappa shape index (κ3) is 3.58. The van der Waals surface area contributed by atoms with Crippen LogP contribution in [-0.2, 0) is 18.9 Å². The molecule has 2 aliphatic rings. The summed E-state index contributed by atoms with van der Waals surface area (Å²) in [4.78, 5) is 0. The van der Waals surface area contributed by atoms with E-state index in [4.69, 9.17) is 18.9 Å². The number of aliphatic hydroxyl groups is 5. The van der Waals surface area contributed by atoms with E-state index in [2.05, 4.69) is 0 Å². The van der Waals surface area contributed by atoms with E-state index in [1.807, 2.05) is 0 Å². The average Bonchev–Trinajstić information content (AvgIpc) is 2.51. The summed E-state index contributed by atoms with van der Waals surface area (Å²) in [6.07, 6.45) is -8.82. The molecule has 2 fully saturated rings. The molecule has 130 valence electrons. The molecule has 2 saturated heterocycles. The van der Waals surface area contributed by atoms with Gasteiger partial charge in [-0.2, -0.15) is 0 Å². The van der Waals surface area contributed by atoms with Gasteiger partial charge >= 0.3 is 0 Å². The summed E-state index contributed by atoms with van der Waals surface area (Å²) in [5, 5.41) is 48.5. The molecule has 0 radical (unpaired) electrons. The van der Waals surface area contributed by atoms with Crippen LogP contribution in [0.3, 0.4) is 0 Å². The Morgan fingerprint density at radius 2 is 1.59 bits per heavy atom. The van der Waals surface area contributed by atoms with Crippen LogP contribution in [0, 0.1) is 5.92 Å². The summed E-state index contributed by atoms with van der Waals surface area (Å²) in [6, 6.07) is 0. The van der Waals surface area contributed by atoms with Crippen molar-refractivity contribution in [2.75, 3.05) is 20.3 Å². The van der Waals surface area contributed by atoms with Crippen LogP contribution in [-0.4, -0.2) is 95.1 Å². The maximum Gasteiger partial charge on any atom is 0.186 e. The number of ether oxygens (including phenoxy) is 4. The van der Waals surface area contributed by atoms with Gasteiger partial charge in [0.15, 0.2) is 12.6 Å². The molecule has 0 aromatic rings. The molecule has 0 unspecified atom stereocenters. The van der Waals surface area contributed by atoms with Crippen LogP contribution >= 0.6 is 0 Å². The van der Waals surface area contributed by atoms with E-state index in [0.717, 1.165) is 0 Å². The molecule has 0 aliphatic carbocycles. The van der Waals surface area contributed by atoms with Crippen LogP contribution in [0.25, 0.3) is 0 Å². The van der Waals surface area contributed by atoms with Crippen LogP contribution in [0.15, 0.2) is 0 Å². The highest BCUT2D eigenvalue weighted by Crippen LogP contribution is 2.27. The lowest BCUT2D eigenvalue weighted by Crippen LogP contribution is -2.57. The van der Waals surface area contributed by atoms with Crippen LogP contribution in [0.4, 0.5) is 0 Å². The molecule has 0 aromatic heterocycles. The van der Waals surface area contributed by atoms with E-state index in [1.54, 1.807) is 6.92 Å². The minimum absolute atomic E-state index is 0.0463. The normalized spacial score (nSPS) is 50.0. The molecule has 0 saturated carbocycles. The maximum absolute atomic E-state index is 9.96. The fraction of sp³-hybridized carbons (Fsp3) is 1.00. The van der Waals surface area contributed by atoms with Crippen molar-refractivity contribution in [1.29, 1.82) is 0 Å². The molecule has 9 heteroatoms. The van der Waals surface area contributed by atoms with E-state index in [-0.39, 0.29) is 13.2 Å². The molecular formula is C13H24O9. The zero-order valence-corrected chi connectivity index (χ0v) is 12.5. The summed E-state index contributed by atoms with van der Waals surface area (Å²) in [6.45, 7) is 1.48. The average molecular weight is 324 g/mol. The Balaban J connectivity index is 1.90. The lowest BCUT2D eigenvalue weighted by Gasteiger charge is -2.41. The van der Waals surface area contributed by atoms with Crippen molar-refractivity contribution < 1.29 is 44.5 Å². The van der Waals surface area contributed by atoms with Crippen molar-refractivity contribution in [2.45, 2.75) is 56.1 Å². The number of hydrogen-bond acceptors (Lipinski definition) is 9. The first-order valence-electron chi connectivity index (χ1n) is 7.18. The first kappa shape index (κ1) is 18.0. The number of methoxy groups -OCH3 is 1. The van der Waals surface area contributed by atoms with Gasteiger partial charge in [-0.15, -0.1) is 0 Å². The topological polar surface area (TPSA) is 138 Å². The second-order valence-corrected chi connectivity index (χ2v) is 5.70. The van der Waals surface area contributed by atoms with Crippen LogP contribution in [0.5, 0.6) is 0 Å². The summed E-state index contributed by atoms with van der Waals surface area (Å²) >= 11 is 0. The van der Waals surface area contributed by atoms with E-state index in [0.29, 0.717) is 0 Å². The number of hydrogen-bond donors (Lipinski definition) is 5. The highest BCUT2D eigenvalue weighted by molar-refractivity contribution is 4.87. The molecule has 5 N–H and O–H groups in total. The predicted molar refractivity (Wildman–Crippen MR) is 70.6 cm³/mol. The van der Waals surface area contributed by atoms with Crippen LogP contribution in [0.2, 0.25) is 0 Å². The van der Waals surface area contributed by atoms with Crippen molar-refractivity contribution >= 4 is 0 Å². The lowest BCUT2D eigenvalue weighted by molar-refractivity contribution is -0.308. The Morgan fingerprint density at radius 1 is 0.955 bits per heavy atom. The van der Waals surface area contributed by atoms with Gasteiger partial charge in [0.25, 0.3) is 0 Å². The number of rotatable bonds is 4. The first-order chi connectivity index (χ1) is 10.4. The van der Waals surface area contributed by atoms with Gasteiger partial charge in [0, 0.05) is 13.0 Å². The quantitative estimate of drug-likeness (QED) is 0.370. The molecule has 2 heterocycles. The minimum Gasteiger partial charge on any atom is -0.390 e. The highest BCUT2D eigenvalue weighted by Gasteiger charge is 2.44. The Hall–Kier alpha value is -0.360. The fourth-order valence-corrected chi connectivity index (χ4v) is 2.57. The zero-order valence-electron chi connectivity index (χ0n) is 12.5. The predicted octanol–water partition coefficient (Wildman–Crippen LogP) is -2.83. The second kappa shape index (κ2) is 7.47. The third-order valence-electron chi connectivity index (χ3n) is 4.17. The van der Waals surface area contributed by atoms with Crippen molar-refractivity contribution in [3.63, 3.8) is 0 Å². The van der Waals surface area contributed by atoms with Crippen LogP contribution in [0.1, 0.15) is 6.92 Å². The molecule has 0 spiro atoms. The Labute approximate surface area is 128 Å². The standard InChI is InChI=1S/C13H24O9/c1-5-7(22-12(19-2)10(17)8(5)15)4-21-13-11(18)9(16)6(14)3-20-13/h5-18H,3-4H2,1-2H3/t5-,6+,7-,8+,9+,10+,11-,12-,13-/m0/s1. The van der Waals surface area contributed by atoms with Gasteiger partial charge in [-0.3, -0.25) is 0 Å². The van der Waals surface area contributed by atoms with Crippen LogP contribution < -0.4 is 0 Å². The summed E-state index contributed by atoms with van der Waals surface area (Å²) in [7, 11) is 1.35. The van der Waals surface area contributed by atoms with Crippen molar-refractivity contribution in [1.82, 2.24) is 0 Å². The molecule has 0 amide bonds. The Morgan fingerprint density at radius 3 is 2.23 bits per heavy atom. The monoisotopic (exact) mass is 324 g/mol. The maximum atomic E-state index is 9.96. The molecule has 0 aromatic carbocycles.